The predicted octanol–water partition coefficient (Wildman–Crippen LogP) is 2.41. The van der Waals surface area contributed by atoms with Crippen LogP contribution in [-0.4, -0.2) is 16.4 Å². The molecule has 0 spiro atoms. The lowest BCUT2D eigenvalue weighted by Crippen LogP contribution is -1.87. The highest BCUT2D eigenvalue weighted by atomic mass is 35.5. The van der Waals surface area contributed by atoms with Crippen molar-refractivity contribution >= 4 is 28.8 Å². The van der Waals surface area contributed by atoms with E-state index in [1.54, 1.807) is 12.1 Å². The maximum atomic E-state index is 10.6. The van der Waals surface area contributed by atoms with Crippen LogP contribution in [0.1, 0.15) is 10.4 Å². The summed E-state index contributed by atoms with van der Waals surface area (Å²) in [5.74, 6) is 0.137. The lowest BCUT2D eigenvalue weighted by Gasteiger charge is -2.00. The summed E-state index contributed by atoms with van der Waals surface area (Å²) in [6, 6.07) is 6.29. The molecule has 1 N–H and O–H groups in total. The number of phenolic OH excluding ortho intramolecular Hbond substituents is 1. The number of aromatic hydroxyl groups is 1. The zero-order chi connectivity index (χ0) is 10.1. The van der Waals surface area contributed by atoms with Crippen LogP contribution < -0.4 is 0 Å². The second kappa shape index (κ2) is 3.27. The number of hydrogen-bond acceptors (Lipinski definition) is 3. The van der Waals surface area contributed by atoms with Gasteiger partial charge in [-0.1, -0.05) is 11.6 Å². The molecule has 2 aromatic rings. The summed E-state index contributed by atoms with van der Waals surface area (Å²) in [6.07, 6.45) is 0.638. The number of rotatable bonds is 1. The fourth-order valence-corrected chi connectivity index (χ4v) is 1.43. The molecule has 1 heterocycles. The SMILES string of the molecule is O=Cc1cc2cc(O)ccc2nc1Cl. The van der Waals surface area contributed by atoms with Crippen LogP contribution >= 0.6 is 11.6 Å². The Hall–Kier alpha value is -1.61. The Morgan fingerprint density at radius 3 is 2.86 bits per heavy atom. The third kappa shape index (κ3) is 1.42. The summed E-state index contributed by atoms with van der Waals surface area (Å²) in [6.45, 7) is 0. The fourth-order valence-electron chi connectivity index (χ4n) is 1.24. The van der Waals surface area contributed by atoms with Crippen molar-refractivity contribution in [1.82, 2.24) is 4.98 Å². The van der Waals surface area contributed by atoms with E-state index in [-0.39, 0.29) is 10.9 Å². The first-order chi connectivity index (χ1) is 6.70. The Bertz CT molecular complexity index is 511. The molecule has 0 aliphatic heterocycles. The van der Waals surface area contributed by atoms with Crippen LogP contribution in [-0.2, 0) is 0 Å². The lowest BCUT2D eigenvalue weighted by atomic mass is 10.1. The molecular weight excluding hydrogens is 202 g/mol. The molecule has 0 saturated heterocycles. The predicted molar refractivity (Wildman–Crippen MR) is 53.8 cm³/mol. The molecule has 0 bridgehead atoms. The van der Waals surface area contributed by atoms with E-state index in [2.05, 4.69) is 4.98 Å². The minimum atomic E-state index is 0.137. The number of phenols is 1. The van der Waals surface area contributed by atoms with Gasteiger partial charge in [0.25, 0.3) is 0 Å². The standard InChI is InChI=1S/C10H6ClNO2/c11-10-7(5-13)3-6-4-8(14)1-2-9(6)12-10/h1-5,14H. The number of nitrogens with zero attached hydrogens (tertiary/aromatic N) is 1. The van der Waals surface area contributed by atoms with Gasteiger partial charge in [0.05, 0.1) is 11.1 Å². The monoisotopic (exact) mass is 207 g/mol. The molecule has 0 saturated carbocycles. The first kappa shape index (κ1) is 8.97. The van der Waals surface area contributed by atoms with Crippen LogP contribution in [0.4, 0.5) is 0 Å². The number of benzene rings is 1. The normalized spacial score (nSPS) is 10.4. The number of hydrogen-bond donors (Lipinski definition) is 1. The summed E-state index contributed by atoms with van der Waals surface area (Å²) >= 11 is 5.74. The first-order valence-corrected chi connectivity index (χ1v) is 4.33. The second-order valence-electron chi connectivity index (χ2n) is 2.86. The highest BCUT2D eigenvalue weighted by molar-refractivity contribution is 6.32. The van der Waals surface area contributed by atoms with E-state index in [4.69, 9.17) is 11.6 Å². The third-order valence-corrected chi connectivity index (χ3v) is 2.21. The van der Waals surface area contributed by atoms with E-state index in [1.165, 1.54) is 12.1 Å². The zero-order valence-electron chi connectivity index (χ0n) is 7.07. The van der Waals surface area contributed by atoms with Gasteiger partial charge >= 0.3 is 0 Å². The van der Waals surface area contributed by atoms with Gasteiger partial charge in [0.1, 0.15) is 10.9 Å². The second-order valence-corrected chi connectivity index (χ2v) is 3.22. The molecule has 0 fully saturated rings. The molecule has 70 valence electrons. The molecule has 0 radical (unpaired) electrons. The van der Waals surface area contributed by atoms with E-state index >= 15 is 0 Å². The zero-order valence-corrected chi connectivity index (χ0v) is 7.82. The Morgan fingerprint density at radius 2 is 2.14 bits per heavy atom. The van der Waals surface area contributed by atoms with Gasteiger partial charge in [0.15, 0.2) is 6.29 Å². The van der Waals surface area contributed by atoms with E-state index in [1.807, 2.05) is 0 Å². The molecule has 1 aromatic carbocycles. The van der Waals surface area contributed by atoms with E-state index in [0.29, 0.717) is 22.8 Å². The molecule has 3 nitrogen and oxygen atoms in total. The maximum absolute atomic E-state index is 10.6. The summed E-state index contributed by atoms with van der Waals surface area (Å²) in [7, 11) is 0. The molecule has 0 amide bonds. The summed E-state index contributed by atoms with van der Waals surface area (Å²) in [5.41, 5.74) is 0.975. The number of fused-ring (bicyclic) bond motifs is 1. The van der Waals surface area contributed by atoms with Crippen LogP contribution in [0, 0.1) is 0 Å². The molecule has 0 unspecified atom stereocenters. The van der Waals surface area contributed by atoms with E-state index < -0.39 is 0 Å². The van der Waals surface area contributed by atoms with Crippen molar-refractivity contribution in [3.8, 4) is 5.75 Å². The van der Waals surface area contributed by atoms with Crippen molar-refractivity contribution in [2.75, 3.05) is 0 Å². The van der Waals surface area contributed by atoms with Crippen LogP contribution in [0.5, 0.6) is 5.75 Å². The topological polar surface area (TPSA) is 50.2 Å². The molecule has 4 heteroatoms. The van der Waals surface area contributed by atoms with Crippen molar-refractivity contribution in [2.24, 2.45) is 0 Å². The van der Waals surface area contributed by atoms with Gasteiger partial charge in [-0.15, -0.1) is 0 Å². The van der Waals surface area contributed by atoms with Crippen LogP contribution in [0.15, 0.2) is 24.3 Å². The molecule has 1 aromatic heterocycles. The van der Waals surface area contributed by atoms with Gasteiger partial charge in [-0.2, -0.15) is 0 Å². The fraction of sp³-hybridized carbons (Fsp3) is 0. The average Bonchev–Trinajstić information content (AvgIpc) is 2.17. The Labute approximate surface area is 85.0 Å². The van der Waals surface area contributed by atoms with Gasteiger partial charge in [-0.25, -0.2) is 4.98 Å². The lowest BCUT2D eigenvalue weighted by molar-refractivity contribution is 0.112. The van der Waals surface area contributed by atoms with Gasteiger partial charge < -0.3 is 5.11 Å². The van der Waals surface area contributed by atoms with Crippen LogP contribution in [0.3, 0.4) is 0 Å². The van der Waals surface area contributed by atoms with Crippen LogP contribution in [0.2, 0.25) is 5.15 Å². The van der Waals surface area contributed by atoms with Crippen molar-refractivity contribution in [3.63, 3.8) is 0 Å². The average molecular weight is 208 g/mol. The van der Waals surface area contributed by atoms with Gasteiger partial charge in [0.2, 0.25) is 0 Å². The van der Waals surface area contributed by atoms with Crippen LogP contribution in [0.25, 0.3) is 10.9 Å². The minimum Gasteiger partial charge on any atom is -0.508 e. The van der Waals surface area contributed by atoms with Crippen molar-refractivity contribution in [1.29, 1.82) is 0 Å². The third-order valence-electron chi connectivity index (χ3n) is 1.91. The number of carbonyl (C=O) groups excluding carboxylic acids is 1. The molecule has 0 atom stereocenters. The van der Waals surface area contributed by atoms with Gasteiger partial charge in [0, 0.05) is 5.39 Å². The highest BCUT2D eigenvalue weighted by Crippen LogP contribution is 2.22. The van der Waals surface area contributed by atoms with E-state index in [0.717, 1.165) is 0 Å². The molecule has 0 aliphatic carbocycles. The number of pyridine rings is 1. The number of aldehydes is 1. The molecule has 14 heavy (non-hydrogen) atoms. The summed E-state index contributed by atoms with van der Waals surface area (Å²) in [4.78, 5) is 14.6. The van der Waals surface area contributed by atoms with Gasteiger partial charge in [-0.05, 0) is 24.3 Å². The Balaban J connectivity index is 2.79. The first-order valence-electron chi connectivity index (χ1n) is 3.95. The maximum Gasteiger partial charge on any atom is 0.153 e. The summed E-state index contributed by atoms with van der Waals surface area (Å²) in [5, 5.41) is 10.1. The molecule has 2 rings (SSSR count). The largest absolute Gasteiger partial charge is 0.508 e. The Morgan fingerprint density at radius 1 is 1.36 bits per heavy atom. The number of halogens is 1. The Kier molecular flexibility index (Phi) is 2.09. The molecular formula is C10H6ClNO2. The van der Waals surface area contributed by atoms with E-state index in [9.17, 15) is 9.90 Å². The van der Waals surface area contributed by atoms with Crippen molar-refractivity contribution in [2.45, 2.75) is 0 Å². The summed E-state index contributed by atoms with van der Waals surface area (Å²) < 4.78 is 0. The van der Waals surface area contributed by atoms with Crippen molar-refractivity contribution < 1.29 is 9.90 Å². The molecule has 0 aliphatic rings. The number of carbonyl (C=O) groups is 1. The highest BCUT2D eigenvalue weighted by Gasteiger charge is 2.04. The minimum absolute atomic E-state index is 0.137. The smallest absolute Gasteiger partial charge is 0.153 e. The van der Waals surface area contributed by atoms with Crippen molar-refractivity contribution in [3.05, 3.63) is 35.0 Å². The number of aromatic nitrogens is 1. The van der Waals surface area contributed by atoms with Gasteiger partial charge in [-0.3, -0.25) is 4.79 Å². The quantitative estimate of drug-likeness (QED) is 0.577.